The van der Waals surface area contributed by atoms with Gasteiger partial charge >= 0.3 is 0 Å². The molecule has 0 spiro atoms. The zero-order valence-corrected chi connectivity index (χ0v) is 8.20. The predicted molar refractivity (Wildman–Crippen MR) is 58.4 cm³/mol. The second-order valence-corrected chi connectivity index (χ2v) is 3.49. The van der Waals surface area contributed by atoms with Crippen molar-refractivity contribution >= 4 is 16.7 Å². The summed E-state index contributed by atoms with van der Waals surface area (Å²) < 4.78 is 14.9. The van der Waals surface area contributed by atoms with Gasteiger partial charge in [0.15, 0.2) is 0 Å². The van der Waals surface area contributed by atoms with E-state index in [2.05, 4.69) is 0 Å². The van der Waals surface area contributed by atoms with Crippen LogP contribution in [0.4, 0.5) is 4.39 Å². The van der Waals surface area contributed by atoms with Crippen LogP contribution in [0.25, 0.3) is 10.9 Å². The number of benzene rings is 1. The van der Waals surface area contributed by atoms with Gasteiger partial charge < -0.3 is 10.3 Å². The van der Waals surface area contributed by atoms with Gasteiger partial charge in [0.25, 0.3) is 0 Å². The molecule has 0 fully saturated rings. The monoisotopic (exact) mass is 205 g/mol. The first kappa shape index (κ1) is 9.71. The van der Waals surface area contributed by atoms with E-state index in [9.17, 15) is 4.39 Å². The molecule has 1 aromatic carbocycles. The summed E-state index contributed by atoms with van der Waals surface area (Å²) in [4.78, 5) is 0. The highest BCUT2D eigenvalue weighted by molar-refractivity contribution is 5.81. The summed E-state index contributed by atoms with van der Waals surface area (Å²) in [5.74, 6) is -0.0641. The van der Waals surface area contributed by atoms with Crippen molar-refractivity contribution in [2.75, 3.05) is 0 Å². The van der Waals surface area contributed by atoms with Crippen molar-refractivity contribution in [1.29, 1.82) is 5.41 Å². The van der Waals surface area contributed by atoms with E-state index in [1.807, 2.05) is 16.8 Å². The summed E-state index contributed by atoms with van der Waals surface area (Å²) in [6, 6.07) is 6.54. The largest absolute Gasteiger partial charge is 0.388 e. The smallest absolute Gasteiger partial charge is 0.123 e. The Morgan fingerprint density at radius 3 is 2.93 bits per heavy atom. The number of nitrogens with two attached hydrogens (primary N) is 1. The zero-order valence-electron chi connectivity index (χ0n) is 8.20. The Kier molecular flexibility index (Phi) is 2.41. The molecule has 0 saturated heterocycles. The van der Waals surface area contributed by atoms with Crippen molar-refractivity contribution in [3.05, 3.63) is 36.3 Å². The van der Waals surface area contributed by atoms with E-state index in [0.29, 0.717) is 13.0 Å². The second-order valence-electron chi connectivity index (χ2n) is 3.49. The first-order valence-corrected chi connectivity index (χ1v) is 4.74. The fraction of sp³-hybridized carbons (Fsp3) is 0.182. The lowest BCUT2D eigenvalue weighted by Gasteiger charge is -2.03. The minimum atomic E-state index is -0.230. The minimum absolute atomic E-state index is 0.166. The second kappa shape index (κ2) is 3.73. The summed E-state index contributed by atoms with van der Waals surface area (Å²) >= 11 is 0. The van der Waals surface area contributed by atoms with Crippen LogP contribution in [0.3, 0.4) is 0 Å². The molecule has 0 aliphatic rings. The van der Waals surface area contributed by atoms with Crippen LogP contribution < -0.4 is 5.73 Å². The molecule has 1 aromatic heterocycles. The van der Waals surface area contributed by atoms with Gasteiger partial charge in [0.05, 0.1) is 5.84 Å². The number of aryl methyl sites for hydroxylation is 1. The molecular formula is C11H12FN3. The maximum absolute atomic E-state index is 12.9. The van der Waals surface area contributed by atoms with Gasteiger partial charge in [-0.05, 0) is 24.3 Å². The molecular weight excluding hydrogens is 193 g/mol. The minimum Gasteiger partial charge on any atom is -0.388 e. The molecule has 0 saturated carbocycles. The zero-order chi connectivity index (χ0) is 10.8. The highest BCUT2D eigenvalue weighted by Crippen LogP contribution is 2.17. The Balaban J connectivity index is 2.32. The third-order valence-corrected chi connectivity index (χ3v) is 2.36. The molecule has 2 aromatic rings. The van der Waals surface area contributed by atoms with Crippen molar-refractivity contribution in [2.24, 2.45) is 5.73 Å². The summed E-state index contributed by atoms with van der Waals surface area (Å²) in [5.41, 5.74) is 6.26. The van der Waals surface area contributed by atoms with Crippen LogP contribution in [0.5, 0.6) is 0 Å². The van der Waals surface area contributed by atoms with E-state index in [4.69, 9.17) is 11.1 Å². The maximum Gasteiger partial charge on any atom is 0.123 e. The van der Waals surface area contributed by atoms with Gasteiger partial charge in [0, 0.05) is 30.1 Å². The molecule has 3 N–H and O–H groups in total. The molecule has 4 heteroatoms. The summed E-state index contributed by atoms with van der Waals surface area (Å²) in [5, 5.41) is 8.02. The number of nitrogens with one attached hydrogen (secondary N) is 1. The quantitative estimate of drug-likeness (QED) is 0.585. The van der Waals surface area contributed by atoms with Crippen LogP contribution in [-0.4, -0.2) is 10.4 Å². The third kappa shape index (κ3) is 1.98. The summed E-state index contributed by atoms with van der Waals surface area (Å²) in [7, 11) is 0. The topological polar surface area (TPSA) is 54.8 Å². The fourth-order valence-corrected chi connectivity index (χ4v) is 1.61. The lowest BCUT2D eigenvalue weighted by molar-refractivity contribution is 0.629. The molecule has 3 nitrogen and oxygen atoms in total. The Bertz CT molecular complexity index is 502. The number of fused-ring (bicyclic) bond motifs is 1. The van der Waals surface area contributed by atoms with Crippen molar-refractivity contribution < 1.29 is 4.39 Å². The fourth-order valence-electron chi connectivity index (χ4n) is 1.61. The number of rotatable bonds is 3. The van der Waals surface area contributed by atoms with Gasteiger partial charge in [-0.2, -0.15) is 0 Å². The van der Waals surface area contributed by atoms with Crippen molar-refractivity contribution in [3.63, 3.8) is 0 Å². The number of nitrogens with zero attached hydrogens (tertiary/aromatic N) is 1. The lowest BCUT2D eigenvalue weighted by atomic mass is 10.2. The average molecular weight is 205 g/mol. The first-order chi connectivity index (χ1) is 7.16. The molecule has 0 radical (unpaired) electrons. The number of hydrogen-bond acceptors (Lipinski definition) is 1. The maximum atomic E-state index is 12.9. The van der Waals surface area contributed by atoms with Gasteiger partial charge in [-0.15, -0.1) is 0 Å². The van der Waals surface area contributed by atoms with Gasteiger partial charge in [-0.25, -0.2) is 4.39 Å². The molecule has 0 aliphatic heterocycles. The first-order valence-electron chi connectivity index (χ1n) is 4.74. The molecule has 0 amide bonds. The van der Waals surface area contributed by atoms with Crippen LogP contribution in [-0.2, 0) is 6.54 Å². The molecule has 0 atom stereocenters. The number of hydrogen-bond donors (Lipinski definition) is 2. The number of aromatic nitrogens is 1. The molecule has 0 bridgehead atoms. The Morgan fingerprint density at radius 1 is 1.40 bits per heavy atom. The van der Waals surface area contributed by atoms with Crippen molar-refractivity contribution in [3.8, 4) is 0 Å². The van der Waals surface area contributed by atoms with E-state index in [-0.39, 0.29) is 11.7 Å². The molecule has 1 heterocycles. The number of amidine groups is 1. The molecule has 0 unspecified atom stereocenters. The van der Waals surface area contributed by atoms with Crippen LogP contribution >= 0.6 is 0 Å². The Hall–Kier alpha value is -1.84. The predicted octanol–water partition coefficient (Wildman–Crippen LogP) is 2.11. The van der Waals surface area contributed by atoms with E-state index in [1.54, 1.807) is 6.07 Å². The highest BCUT2D eigenvalue weighted by atomic mass is 19.1. The van der Waals surface area contributed by atoms with Gasteiger partial charge in [0.2, 0.25) is 0 Å². The SMILES string of the molecule is N=C(N)CCn1ccc2cc(F)ccc21. The summed E-state index contributed by atoms with van der Waals surface area (Å²) in [6.07, 6.45) is 2.40. The summed E-state index contributed by atoms with van der Waals surface area (Å²) in [6.45, 7) is 0.657. The molecule has 0 aliphatic carbocycles. The molecule has 78 valence electrons. The lowest BCUT2D eigenvalue weighted by Crippen LogP contribution is -2.12. The van der Waals surface area contributed by atoms with Gasteiger partial charge in [-0.1, -0.05) is 0 Å². The third-order valence-electron chi connectivity index (χ3n) is 2.36. The molecule has 15 heavy (non-hydrogen) atoms. The van der Waals surface area contributed by atoms with Gasteiger partial charge in [-0.3, -0.25) is 5.41 Å². The van der Waals surface area contributed by atoms with Crippen LogP contribution in [0.15, 0.2) is 30.5 Å². The van der Waals surface area contributed by atoms with Crippen LogP contribution in [0, 0.1) is 11.2 Å². The van der Waals surface area contributed by atoms with E-state index < -0.39 is 0 Å². The Labute approximate surface area is 86.8 Å². The molecule has 2 rings (SSSR count). The Morgan fingerprint density at radius 2 is 2.20 bits per heavy atom. The van der Waals surface area contributed by atoms with Crippen LogP contribution in [0.2, 0.25) is 0 Å². The van der Waals surface area contributed by atoms with Gasteiger partial charge in [0.1, 0.15) is 5.82 Å². The van der Waals surface area contributed by atoms with E-state index >= 15 is 0 Å². The normalized spacial score (nSPS) is 10.7. The van der Waals surface area contributed by atoms with E-state index in [1.165, 1.54) is 12.1 Å². The highest BCUT2D eigenvalue weighted by Gasteiger charge is 2.02. The standard InChI is InChI=1S/C11H12FN3/c12-9-1-2-10-8(7-9)3-5-15(10)6-4-11(13)14/h1-3,5,7H,4,6H2,(H3,13,14). The van der Waals surface area contributed by atoms with Crippen molar-refractivity contribution in [2.45, 2.75) is 13.0 Å². The van der Waals surface area contributed by atoms with Crippen LogP contribution in [0.1, 0.15) is 6.42 Å². The van der Waals surface area contributed by atoms with E-state index in [0.717, 1.165) is 10.9 Å². The van der Waals surface area contributed by atoms with Crippen molar-refractivity contribution in [1.82, 2.24) is 4.57 Å². The average Bonchev–Trinajstić information content (AvgIpc) is 2.57. The number of halogens is 1.